The molecule has 2 aromatic carbocycles. The highest BCUT2D eigenvalue weighted by molar-refractivity contribution is 6.08. The van der Waals surface area contributed by atoms with E-state index in [4.69, 9.17) is 5.53 Å². The molecule has 184 valence electrons. The standard InChI is InChI=1S/C24H22F2N8O2/c1-33-11-19(17-8-13(25)2-6-21(17)33)23(35)30-31-24(36)28-20-12-34(16-5-4-15(10-16)29-32-27)22-7-3-14(26)9-18(20)22/h2-3,6-9,11-12,15-16H,4-5,10H2,1H3,(H,30,35)(H2,28,31,36)/t15-,16-/m0/s1. The van der Waals surface area contributed by atoms with Crippen LogP contribution in [0.2, 0.25) is 0 Å². The Labute approximate surface area is 203 Å². The monoisotopic (exact) mass is 492 g/mol. The molecule has 10 nitrogen and oxygen atoms in total. The van der Waals surface area contributed by atoms with Crippen molar-refractivity contribution in [3.63, 3.8) is 0 Å². The number of carbonyl (C=O) groups is 2. The Bertz CT molecular complexity index is 1550. The predicted molar refractivity (Wildman–Crippen MR) is 130 cm³/mol. The first kappa shape index (κ1) is 23.2. The number of amides is 3. The number of carbonyl (C=O) groups excluding carboxylic acids is 2. The highest BCUT2D eigenvalue weighted by Gasteiger charge is 2.27. The maximum atomic E-state index is 14.0. The van der Waals surface area contributed by atoms with Gasteiger partial charge in [0.25, 0.3) is 5.91 Å². The van der Waals surface area contributed by atoms with Crippen molar-refractivity contribution in [3.8, 4) is 0 Å². The van der Waals surface area contributed by atoms with Crippen LogP contribution in [0.25, 0.3) is 32.2 Å². The molecular weight excluding hydrogens is 470 g/mol. The minimum atomic E-state index is -0.739. The fraction of sp³-hybridized carbons (Fsp3) is 0.250. The third-order valence-electron chi connectivity index (χ3n) is 6.51. The average Bonchev–Trinajstić information content (AvgIpc) is 3.54. The number of halogens is 2. The number of hydrogen-bond acceptors (Lipinski definition) is 3. The van der Waals surface area contributed by atoms with Gasteiger partial charge in [0, 0.05) is 52.7 Å². The van der Waals surface area contributed by atoms with Gasteiger partial charge in [0.2, 0.25) is 0 Å². The Hall–Kier alpha value is -4.57. The van der Waals surface area contributed by atoms with Crippen molar-refractivity contribution in [1.29, 1.82) is 0 Å². The van der Waals surface area contributed by atoms with Crippen LogP contribution in [0.15, 0.2) is 53.9 Å². The molecule has 2 aromatic heterocycles. The van der Waals surface area contributed by atoms with Crippen molar-refractivity contribution in [1.82, 2.24) is 20.0 Å². The summed E-state index contributed by atoms with van der Waals surface area (Å²) in [7, 11) is 1.73. The molecule has 1 saturated carbocycles. The zero-order chi connectivity index (χ0) is 25.4. The number of nitrogens with one attached hydrogen (secondary N) is 3. The van der Waals surface area contributed by atoms with E-state index in [1.165, 1.54) is 24.3 Å². The fourth-order valence-corrected chi connectivity index (χ4v) is 4.87. The topological polar surface area (TPSA) is 129 Å². The Balaban J connectivity index is 1.33. The second kappa shape index (κ2) is 9.23. The van der Waals surface area contributed by atoms with Gasteiger partial charge in [-0.15, -0.1) is 0 Å². The van der Waals surface area contributed by atoms with Gasteiger partial charge in [-0.3, -0.25) is 10.2 Å². The third kappa shape index (κ3) is 4.29. The molecule has 3 amide bonds. The molecule has 0 spiro atoms. The van der Waals surface area contributed by atoms with Crippen LogP contribution >= 0.6 is 0 Å². The third-order valence-corrected chi connectivity index (χ3v) is 6.51. The Morgan fingerprint density at radius 1 is 1.03 bits per heavy atom. The molecule has 12 heteroatoms. The van der Waals surface area contributed by atoms with Gasteiger partial charge >= 0.3 is 6.03 Å². The van der Waals surface area contributed by atoms with E-state index in [0.717, 1.165) is 18.4 Å². The SMILES string of the molecule is Cn1cc(C(=O)NNC(=O)Nc2cn([C@H]3CC[C@H](N=[N+]=[N-])C3)c3ccc(F)cc23)c2cc(F)ccc21. The van der Waals surface area contributed by atoms with E-state index < -0.39 is 23.6 Å². The number of aromatic nitrogens is 2. The molecule has 1 aliphatic rings. The minimum absolute atomic E-state index is 0.0264. The molecule has 3 N–H and O–H groups in total. The number of nitrogens with zero attached hydrogens (tertiary/aromatic N) is 5. The Morgan fingerprint density at radius 3 is 2.50 bits per heavy atom. The first-order valence-electron chi connectivity index (χ1n) is 11.3. The number of benzene rings is 2. The summed E-state index contributed by atoms with van der Waals surface area (Å²) in [6.07, 6.45) is 5.41. The molecule has 0 unspecified atom stereocenters. The first-order chi connectivity index (χ1) is 17.3. The minimum Gasteiger partial charge on any atom is -0.350 e. The number of aryl methyl sites for hydroxylation is 1. The van der Waals surface area contributed by atoms with Crippen LogP contribution in [0.3, 0.4) is 0 Å². The highest BCUT2D eigenvalue weighted by Crippen LogP contribution is 2.37. The number of fused-ring (bicyclic) bond motifs is 2. The summed E-state index contributed by atoms with van der Waals surface area (Å²) in [5.74, 6) is -1.56. The lowest BCUT2D eigenvalue weighted by atomic mass is 10.1. The maximum Gasteiger partial charge on any atom is 0.337 e. The lowest BCUT2D eigenvalue weighted by Gasteiger charge is -2.13. The smallest absolute Gasteiger partial charge is 0.337 e. The van der Waals surface area contributed by atoms with Gasteiger partial charge in [0.1, 0.15) is 11.6 Å². The van der Waals surface area contributed by atoms with Gasteiger partial charge in [-0.2, -0.15) is 0 Å². The molecule has 5 rings (SSSR count). The van der Waals surface area contributed by atoms with Crippen LogP contribution in [0.1, 0.15) is 35.7 Å². The largest absolute Gasteiger partial charge is 0.350 e. The van der Waals surface area contributed by atoms with Crippen molar-refractivity contribution in [2.75, 3.05) is 5.32 Å². The molecule has 2 heterocycles. The summed E-state index contributed by atoms with van der Waals surface area (Å²) in [5, 5.41) is 7.36. The van der Waals surface area contributed by atoms with Crippen molar-refractivity contribution < 1.29 is 18.4 Å². The molecule has 36 heavy (non-hydrogen) atoms. The van der Waals surface area contributed by atoms with Crippen LogP contribution < -0.4 is 16.2 Å². The zero-order valence-corrected chi connectivity index (χ0v) is 19.2. The second-order valence-electron chi connectivity index (χ2n) is 8.79. The van der Waals surface area contributed by atoms with Gasteiger partial charge in [-0.1, -0.05) is 5.11 Å². The average molecular weight is 492 g/mol. The van der Waals surface area contributed by atoms with Crippen LogP contribution in [-0.2, 0) is 7.05 Å². The van der Waals surface area contributed by atoms with Crippen LogP contribution in [-0.4, -0.2) is 27.1 Å². The van der Waals surface area contributed by atoms with Crippen molar-refractivity contribution in [3.05, 3.63) is 76.4 Å². The Kier molecular flexibility index (Phi) is 5.95. The molecule has 0 aliphatic heterocycles. The molecule has 0 bridgehead atoms. The summed E-state index contributed by atoms with van der Waals surface area (Å²) in [6.45, 7) is 0. The van der Waals surface area contributed by atoms with Crippen molar-refractivity contribution in [2.24, 2.45) is 12.2 Å². The lowest BCUT2D eigenvalue weighted by Crippen LogP contribution is -2.43. The van der Waals surface area contributed by atoms with E-state index in [0.29, 0.717) is 28.4 Å². The number of rotatable bonds is 4. The van der Waals surface area contributed by atoms with Crippen LogP contribution in [0.5, 0.6) is 0 Å². The quantitative estimate of drug-likeness (QED) is 0.155. The molecule has 0 saturated heterocycles. The summed E-state index contributed by atoms with van der Waals surface area (Å²) < 4.78 is 31.4. The highest BCUT2D eigenvalue weighted by atomic mass is 19.1. The van der Waals surface area contributed by atoms with E-state index in [1.54, 1.807) is 36.1 Å². The van der Waals surface area contributed by atoms with Gasteiger partial charge in [-0.05, 0) is 61.2 Å². The van der Waals surface area contributed by atoms with E-state index >= 15 is 0 Å². The van der Waals surface area contributed by atoms with E-state index in [1.807, 2.05) is 4.57 Å². The Morgan fingerprint density at radius 2 is 1.75 bits per heavy atom. The number of anilines is 1. The van der Waals surface area contributed by atoms with E-state index in [9.17, 15) is 18.4 Å². The van der Waals surface area contributed by atoms with Crippen molar-refractivity contribution in [2.45, 2.75) is 31.3 Å². The predicted octanol–water partition coefficient (Wildman–Crippen LogP) is 5.28. The van der Waals surface area contributed by atoms with Crippen molar-refractivity contribution >= 4 is 39.4 Å². The molecule has 4 aromatic rings. The van der Waals surface area contributed by atoms with Gasteiger partial charge in [0.05, 0.1) is 16.8 Å². The normalized spacial score (nSPS) is 17.2. The summed E-state index contributed by atoms with van der Waals surface area (Å²) in [4.78, 5) is 28.2. The van der Waals surface area contributed by atoms with Gasteiger partial charge < -0.3 is 14.5 Å². The van der Waals surface area contributed by atoms with Crippen LogP contribution in [0, 0.1) is 11.6 Å². The molecule has 1 fully saturated rings. The lowest BCUT2D eigenvalue weighted by molar-refractivity contribution is 0.0939. The second-order valence-corrected chi connectivity index (χ2v) is 8.79. The number of hydrogen-bond donors (Lipinski definition) is 3. The molecule has 2 atom stereocenters. The molecule has 0 radical (unpaired) electrons. The number of azide groups is 1. The van der Waals surface area contributed by atoms with E-state index in [2.05, 4.69) is 26.2 Å². The summed E-state index contributed by atoms with van der Waals surface area (Å²) >= 11 is 0. The number of hydrazine groups is 1. The van der Waals surface area contributed by atoms with Gasteiger partial charge in [-0.25, -0.2) is 19.0 Å². The zero-order valence-electron chi connectivity index (χ0n) is 19.2. The molecule has 1 aliphatic carbocycles. The number of urea groups is 1. The molecular formula is C24H22F2N8O2. The fourth-order valence-electron chi connectivity index (χ4n) is 4.87. The summed E-state index contributed by atoms with van der Waals surface area (Å²) in [6, 6.07) is 7.60. The first-order valence-corrected chi connectivity index (χ1v) is 11.3. The van der Waals surface area contributed by atoms with E-state index in [-0.39, 0.29) is 17.6 Å². The van der Waals surface area contributed by atoms with Gasteiger partial charge in [0.15, 0.2) is 0 Å². The van der Waals surface area contributed by atoms with Crippen LogP contribution in [0.4, 0.5) is 19.3 Å². The summed E-state index contributed by atoms with van der Waals surface area (Å²) in [5.41, 5.74) is 15.3. The maximum absolute atomic E-state index is 14.0.